The minimum Gasteiger partial charge on any atom is -0.343 e. The second-order valence-corrected chi connectivity index (χ2v) is 12.2. The lowest BCUT2D eigenvalue weighted by Crippen LogP contribution is -2.43. The Kier molecular flexibility index (Phi) is 6.79. The second kappa shape index (κ2) is 9.38. The van der Waals surface area contributed by atoms with Crippen molar-refractivity contribution in [1.29, 1.82) is 0 Å². The Labute approximate surface area is 185 Å². The minimum absolute atomic E-state index is 0.00831. The van der Waals surface area contributed by atoms with E-state index >= 15 is 0 Å². The van der Waals surface area contributed by atoms with E-state index in [1.807, 2.05) is 18.1 Å². The van der Waals surface area contributed by atoms with E-state index in [-0.39, 0.29) is 23.0 Å². The first kappa shape index (κ1) is 22.4. The van der Waals surface area contributed by atoms with Crippen LogP contribution < -0.4 is 0 Å². The van der Waals surface area contributed by atoms with Gasteiger partial charge in [-0.3, -0.25) is 14.3 Å². The number of aromatic nitrogens is 3. The number of aryl methyl sites for hydroxylation is 2. The predicted molar refractivity (Wildman–Crippen MR) is 119 cm³/mol. The standard InChI is InChI=1S/C22H35N5O3S/c1-26-15-18(23-25-26)9-10-20(28)27-13-11-19(12-14-27)31(2,30)24-22(29)21(16-5-3-6-16)17-7-4-8-17/h15-17,19,21H,3-14H2,1-2H3. The largest absolute Gasteiger partial charge is 0.343 e. The van der Waals surface area contributed by atoms with Gasteiger partial charge in [-0.05, 0) is 50.4 Å². The Balaban J connectivity index is 1.31. The molecule has 1 unspecified atom stereocenters. The number of carbonyl (C=O) groups excluding carboxylic acids is 2. The first-order valence-corrected chi connectivity index (χ1v) is 13.7. The molecule has 3 aliphatic rings. The fourth-order valence-corrected chi connectivity index (χ4v) is 6.86. The third kappa shape index (κ3) is 5.18. The van der Waals surface area contributed by atoms with Crippen molar-refractivity contribution in [1.82, 2.24) is 19.9 Å². The molecule has 1 saturated heterocycles. The molecule has 1 aromatic rings. The first-order chi connectivity index (χ1) is 14.8. The lowest BCUT2D eigenvalue weighted by atomic mass is 9.64. The summed E-state index contributed by atoms with van der Waals surface area (Å²) in [5.74, 6) is 0.876. The van der Waals surface area contributed by atoms with E-state index in [1.165, 1.54) is 12.8 Å². The summed E-state index contributed by atoms with van der Waals surface area (Å²) in [4.78, 5) is 27.4. The molecule has 2 amide bonds. The van der Waals surface area contributed by atoms with Gasteiger partial charge in [-0.2, -0.15) is 4.36 Å². The number of amides is 2. The lowest BCUT2D eigenvalue weighted by Gasteiger charge is -2.40. The summed E-state index contributed by atoms with van der Waals surface area (Å²) in [6.07, 6.45) is 12.6. The SMILES string of the molecule is Cn1cc(CCC(=O)N2CCC(S(C)(=O)=NC(=O)C(C3CCC3)C3CCC3)CC2)nn1. The summed E-state index contributed by atoms with van der Waals surface area (Å²) < 4.78 is 19.4. The van der Waals surface area contributed by atoms with Crippen LogP contribution in [0.1, 0.15) is 63.5 Å². The van der Waals surface area contributed by atoms with Crippen LogP contribution in [0.4, 0.5) is 0 Å². The zero-order chi connectivity index (χ0) is 22.0. The maximum absolute atomic E-state index is 13.4. The van der Waals surface area contributed by atoms with Crippen molar-refractivity contribution < 1.29 is 13.8 Å². The maximum atomic E-state index is 13.4. The smallest absolute Gasteiger partial charge is 0.257 e. The van der Waals surface area contributed by atoms with Gasteiger partial charge in [0.2, 0.25) is 5.91 Å². The molecule has 1 atom stereocenters. The number of piperidine rings is 1. The molecule has 0 aromatic carbocycles. The molecule has 172 valence electrons. The van der Waals surface area contributed by atoms with Gasteiger partial charge in [0.15, 0.2) is 0 Å². The van der Waals surface area contributed by atoms with Crippen molar-refractivity contribution in [3.63, 3.8) is 0 Å². The molecular formula is C22H35N5O3S. The summed E-state index contributed by atoms with van der Waals surface area (Å²) in [6.45, 7) is 1.15. The van der Waals surface area contributed by atoms with Crippen molar-refractivity contribution in [2.24, 2.45) is 29.2 Å². The van der Waals surface area contributed by atoms with E-state index in [0.29, 0.717) is 50.6 Å². The molecule has 1 aliphatic heterocycles. The van der Waals surface area contributed by atoms with Gasteiger partial charge in [-0.25, -0.2) is 4.21 Å². The summed E-state index contributed by atoms with van der Waals surface area (Å²) in [5.41, 5.74) is 0.812. The number of nitrogens with zero attached hydrogens (tertiary/aromatic N) is 5. The van der Waals surface area contributed by atoms with Gasteiger partial charge in [0.25, 0.3) is 5.91 Å². The summed E-state index contributed by atoms with van der Waals surface area (Å²) in [7, 11) is -0.791. The molecule has 8 nitrogen and oxygen atoms in total. The van der Waals surface area contributed by atoms with Gasteiger partial charge in [0.05, 0.1) is 15.4 Å². The Bertz CT molecular complexity index is 905. The van der Waals surface area contributed by atoms with Crippen LogP contribution in [0, 0.1) is 17.8 Å². The molecule has 1 aromatic heterocycles. The number of rotatable bonds is 7. The van der Waals surface area contributed by atoms with E-state index in [4.69, 9.17) is 0 Å². The maximum Gasteiger partial charge on any atom is 0.257 e. The van der Waals surface area contributed by atoms with E-state index in [1.54, 1.807) is 10.9 Å². The molecule has 2 saturated carbocycles. The van der Waals surface area contributed by atoms with Crippen LogP contribution in [0.2, 0.25) is 0 Å². The zero-order valence-electron chi connectivity index (χ0n) is 18.7. The summed E-state index contributed by atoms with van der Waals surface area (Å²) in [5, 5.41) is 7.79. The number of hydrogen-bond acceptors (Lipinski definition) is 5. The van der Waals surface area contributed by atoms with E-state index in [9.17, 15) is 13.8 Å². The highest BCUT2D eigenvalue weighted by molar-refractivity contribution is 7.93. The van der Waals surface area contributed by atoms with Gasteiger partial charge < -0.3 is 4.90 Å². The molecule has 0 radical (unpaired) electrons. The van der Waals surface area contributed by atoms with Crippen LogP contribution >= 0.6 is 0 Å². The van der Waals surface area contributed by atoms with Gasteiger partial charge in [-0.15, -0.1) is 5.10 Å². The third-order valence-electron chi connectivity index (χ3n) is 7.53. The van der Waals surface area contributed by atoms with Crippen LogP contribution in [0.5, 0.6) is 0 Å². The Hall–Kier alpha value is -1.77. The number of likely N-dealkylation sites (tertiary alicyclic amines) is 1. The molecule has 3 fully saturated rings. The Morgan fingerprint density at radius 2 is 1.74 bits per heavy atom. The van der Waals surface area contributed by atoms with Gasteiger partial charge >= 0.3 is 0 Å². The van der Waals surface area contributed by atoms with Crippen LogP contribution in [0.15, 0.2) is 10.6 Å². The van der Waals surface area contributed by atoms with Crippen molar-refractivity contribution in [3.8, 4) is 0 Å². The highest BCUT2D eigenvalue weighted by atomic mass is 32.2. The van der Waals surface area contributed by atoms with Gasteiger partial charge in [0.1, 0.15) is 0 Å². The third-order valence-corrected chi connectivity index (χ3v) is 9.78. The molecule has 9 heteroatoms. The average Bonchev–Trinajstić information content (AvgIpc) is 3.08. The molecule has 31 heavy (non-hydrogen) atoms. The average molecular weight is 450 g/mol. The van der Waals surface area contributed by atoms with Crippen molar-refractivity contribution in [3.05, 3.63) is 11.9 Å². The van der Waals surface area contributed by atoms with Crippen LogP contribution in [-0.2, 0) is 32.8 Å². The second-order valence-electron chi connectivity index (χ2n) is 9.66. The molecule has 2 aliphatic carbocycles. The van der Waals surface area contributed by atoms with Gasteiger partial charge in [-0.1, -0.05) is 18.1 Å². The first-order valence-electron chi connectivity index (χ1n) is 11.7. The van der Waals surface area contributed by atoms with Crippen molar-refractivity contribution in [2.45, 2.75) is 69.5 Å². The minimum atomic E-state index is -2.60. The Morgan fingerprint density at radius 3 is 2.23 bits per heavy atom. The van der Waals surface area contributed by atoms with Gasteiger partial charge in [0, 0.05) is 56.6 Å². The molecular weight excluding hydrogens is 414 g/mol. The quantitative estimate of drug-likeness (QED) is 0.637. The van der Waals surface area contributed by atoms with Crippen LogP contribution in [0.3, 0.4) is 0 Å². The lowest BCUT2D eigenvalue weighted by molar-refractivity contribution is -0.132. The summed E-state index contributed by atoms with van der Waals surface area (Å²) in [6, 6.07) is 0. The highest BCUT2D eigenvalue weighted by Crippen LogP contribution is 2.45. The fraction of sp³-hybridized carbons (Fsp3) is 0.818. The monoisotopic (exact) mass is 449 g/mol. The summed E-state index contributed by atoms with van der Waals surface area (Å²) >= 11 is 0. The molecule has 2 heterocycles. The van der Waals surface area contributed by atoms with Crippen LogP contribution in [-0.4, -0.2) is 60.5 Å². The van der Waals surface area contributed by atoms with E-state index in [0.717, 1.165) is 31.4 Å². The normalized spacial score (nSPS) is 22.6. The number of hydrogen-bond donors (Lipinski definition) is 0. The van der Waals surface area contributed by atoms with Crippen LogP contribution in [0.25, 0.3) is 0 Å². The fourth-order valence-electron chi connectivity index (χ4n) is 5.15. The van der Waals surface area contributed by atoms with E-state index in [2.05, 4.69) is 14.7 Å². The van der Waals surface area contributed by atoms with E-state index < -0.39 is 9.73 Å². The molecule has 0 N–H and O–H groups in total. The van der Waals surface area contributed by atoms with Crippen molar-refractivity contribution >= 4 is 21.5 Å². The van der Waals surface area contributed by atoms with Crippen molar-refractivity contribution in [2.75, 3.05) is 19.3 Å². The molecule has 4 rings (SSSR count). The molecule has 0 spiro atoms. The number of carbonyl (C=O) groups is 2. The predicted octanol–water partition coefficient (Wildman–Crippen LogP) is 2.58. The highest BCUT2D eigenvalue weighted by Gasteiger charge is 2.41. The molecule has 0 bridgehead atoms. The Morgan fingerprint density at radius 1 is 1.13 bits per heavy atom. The topological polar surface area (TPSA) is 97.5 Å². The zero-order valence-corrected chi connectivity index (χ0v) is 19.6.